The van der Waals surface area contributed by atoms with Crippen molar-refractivity contribution in [3.63, 3.8) is 0 Å². The lowest BCUT2D eigenvalue weighted by atomic mass is 10.2. The van der Waals surface area contributed by atoms with Gasteiger partial charge in [-0.2, -0.15) is 13.2 Å². The monoisotopic (exact) mass is 459 g/mol. The summed E-state index contributed by atoms with van der Waals surface area (Å²) in [6, 6.07) is 4.91. The van der Waals surface area contributed by atoms with Gasteiger partial charge in [0.05, 0.1) is 16.4 Å². The summed E-state index contributed by atoms with van der Waals surface area (Å²) < 4.78 is 59.7. The molecule has 0 atom stereocenters. The summed E-state index contributed by atoms with van der Waals surface area (Å²) in [5, 5.41) is 8.91. The van der Waals surface area contributed by atoms with Crippen LogP contribution in [0.2, 0.25) is 5.02 Å². The Morgan fingerprint density at radius 1 is 1.19 bits per heavy atom. The van der Waals surface area contributed by atoms with Crippen LogP contribution in [0.25, 0.3) is 5.69 Å². The number of aromatic nitrogens is 3. The minimum Gasteiger partial charge on any atom is -0.454 e. The van der Waals surface area contributed by atoms with Crippen molar-refractivity contribution in [2.24, 2.45) is 7.05 Å². The Labute approximate surface area is 176 Å². The SMILES string of the molecule is Cn1c(C(F)(F)F)cc(=O)n(-c2cc(Oc3cccnc3CCO)c(Cl)cc2F)c1=O. The number of aliphatic hydroxyl groups is 1. The Morgan fingerprint density at radius 2 is 1.90 bits per heavy atom. The number of ether oxygens (including phenoxy) is 1. The number of aliphatic hydroxyl groups excluding tert-OH is 1. The molecule has 0 amide bonds. The van der Waals surface area contributed by atoms with Crippen molar-refractivity contribution < 1.29 is 27.4 Å². The first-order chi connectivity index (χ1) is 14.5. The van der Waals surface area contributed by atoms with E-state index in [4.69, 9.17) is 21.4 Å². The normalized spacial score (nSPS) is 11.6. The minimum atomic E-state index is -4.96. The second-order valence-electron chi connectivity index (χ2n) is 6.30. The molecule has 164 valence electrons. The Kier molecular flexibility index (Phi) is 6.18. The Morgan fingerprint density at radius 3 is 2.55 bits per heavy atom. The highest BCUT2D eigenvalue weighted by atomic mass is 35.5. The molecule has 7 nitrogen and oxygen atoms in total. The van der Waals surface area contributed by atoms with Gasteiger partial charge in [0.15, 0.2) is 0 Å². The molecule has 2 aromatic heterocycles. The van der Waals surface area contributed by atoms with Gasteiger partial charge < -0.3 is 9.84 Å². The predicted molar refractivity (Wildman–Crippen MR) is 102 cm³/mol. The zero-order chi connectivity index (χ0) is 22.9. The molecule has 0 unspecified atom stereocenters. The van der Waals surface area contributed by atoms with E-state index in [1.807, 2.05) is 0 Å². The van der Waals surface area contributed by atoms with Gasteiger partial charge >= 0.3 is 11.9 Å². The number of alkyl halides is 3. The van der Waals surface area contributed by atoms with Crippen LogP contribution < -0.4 is 16.0 Å². The van der Waals surface area contributed by atoms with E-state index < -0.39 is 34.6 Å². The van der Waals surface area contributed by atoms with Crippen molar-refractivity contribution in [3.8, 4) is 17.2 Å². The van der Waals surface area contributed by atoms with Gasteiger partial charge in [0.25, 0.3) is 5.56 Å². The number of rotatable bonds is 5. The predicted octanol–water partition coefficient (Wildman–Crippen LogP) is 3.07. The number of pyridine rings is 1. The summed E-state index contributed by atoms with van der Waals surface area (Å²) in [5.74, 6) is -1.14. The molecule has 0 aliphatic carbocycles. The quantitative estimate of drug-likeness (QED) is 0.593. The summed E-state index contributed by atoms with van der Waals surface area (Å²) in [7, 11) is 0.809. The number of hydrogen-bond donors (Lipinski definition) is 1. The van der Waals surface area contributed by atoms with Crippen LogP contribution in [0.5, 0.6) is 11.5 Å². The van der Waals surface area contributed by atoms with Crippen molar-refractivity contribution in [1.82, 2.24) is 14.1 Å². The Bertz CT molecular complexity index is 1250. The van der Waals surface area contributed by atoms with Crippen LogP contribution in [0.3, 0.4) is 0 Å². The molecular weight excluding hydrogens is 446 g/mol. The van der Waals surface area contributed by atoms with Crippen molar-refractivity contribution >= 4 is 11.6 Å². The van der Waals surface area contributed by atoms with Crippen molar-refractivity contribution in [2.75, 3.05) is 6.61 Å². The maximum Gasteiger partial charge on any atom is 0.431 e. The van der Waals surface area contributed by atoms with Crippen LogP contribution in [0.15, 0.2) is 46.1 Å². The number of halogens is 5. The number of nitrogens with zero attached hydrogens (tertiary/aromatic N) is 3. The van der Waals surface area contributed by atoms with Gasteiger partial charge in [-0.25, -0.2) is 13.8 Å². The van der Waals surface area contributed by atoms with Gasteiger partial charge in [0, 0.05) is 38.4 Å². The van der Waals surface area contributed by atoms with Crippen molar-refractivity contribution in [2.45, 2.75) is 12.6 Å². The maximum atomic E-state index is 14.6. The second-order valence-corrected chi connectivity index (χ2v) is 6.71. The maximum absolute atomic E-state index is 14.6. The molecule has 1 N–H and O–H groups in total. The Balaban J connectivity index is 2.17. The largest absolute Gasteiger partial charge is 0.454 e. The first kappa shape index (κ1) is 22.5. The molecule has 0 fully saturated rings. The third-order valence-electron chi connectivity index (χ3n) is 4.27. The van der Waals surface area contributed by atoms with Gasteiger partial charge in [0.1, 0.15) is 23.0 Å². The third-order valence-corrected chi connectivity index (χ3v) is 4.57. The van der Waals surface area contributed by atoms with Gasteiger partial charge in [-0.1, -0.05) is 11.6 Å². The van der Waals surface area contributed by atoms with E-state index in [2.05, 4.69) is 4.98 Å². The van der Waals surface area contributed by atoms with Gasteiger partial charge in [0.2, 0.25) is 0 Å². The van der Waals surface area contributed by atoms with E-state index in [0.717, 1.165) is 19.2 Å². The molecular formula is C19H14ClF4N3O4. The molecule has 0 radical (unpaired) electrons. The number of benzene rings is 1. The minimum absolute atomic E-state index is 0.140. The number of hydrogen-bond acceptors (Lipinski definition) is 5. The summed E-state index contributed by atoms with van der Waals surface area (Å²) >= 11 is 6.01. The molecule has 3 rings (SSSR count). The summed E-state index contributed by atoms with van der Waals surface area (Å²) in [4.78, 5) is 28.8. The molecule has 0 saturated heterocycles. The summed E-state index contributed by atoms with van der Waals surface area (Å²) in [5.41, 5.74) is -4.56. The fraction of sp³-hybridized carbons (Fsp3) is 0.211. The summed E-state index contributed by atoms with van der Waals surface area (Å²) in [6.07, 6.45) is -3.36. The van der Waals surface area contributed by atoms with E-state index in [0.29, 0.717) is 5.69 Å². The fourth-order valence-corrected chi connectivity index (χ4v) is 3.00. The zero-order valence-corrected chi connectivity index (χ0v) is 16.5. The summed E-state index contributed by atoms with van der Waals surface area (Å²) in [6.45, 7) is -0.229. The molecule has 1 aromatic carbocycles. The highest BCUT2D eigenvalue weighted by Gasteiger charge is 2.35. The van der Waals surface area contributed by atoms with E-state index >= 15 is 0 Å². The molecule has 0 saturated carbocycles. The van der Waals surface area contributed by atoms with Crippen LogP contribution >= 0.6 is 11.6 Å². The average Bonchev–Trinajstić information content (AvgIpc) is 2.68. The van der Waals surface area contributed by atoms with Gasteiger partial charge in [-0.15, -0.1) is 0 Å². The molecule has 31 heavy (non-hydrogen) atoms. The van der Waals surface area contributed by atoms with Crippen molar-refractivity contribution in [1.29, 1.82) is 0 Å². The molecule has 0 aliphatic rings. The van der Waals surface area contributed by atoms with Crippen LogP contribution in [0, 0.1) is 5.82 Å². The standard InChI is InChI=1S/C19H14ClF4N3O4/c1-26-16(19(22,23)24)9-17(29)27(18(26)30)13-8-15(10(20)7-11(13)21)31-14-3-2-5-25-12(14)4-6-28/h2-3,5,7-9,28H,4,6H2,1H3. The van der Waals surface area contributed by atoms with Crippen LogP contribution in [0.1, 0.15) is 11.4 Å². The van der Waals surface area contributed by atoms with E-state index in [1.54, 1.807) is 0 Å². The van der Waals surface area contributed by atoms with Crippen LogP contribution in [-0.4, -0.2) is 25.8 Å². The first-order valence-corrected chi connectivity index (χ1v) is 9.04. The van der Waals surface area contributed by atoms with Crippen LogP contribution in [0.4, 0.5) is 17.6 Å². The van der Waals surface area contributed by atoms with Crippen molar-refractivity contribution in [3.05, 3.63) is 79.6 Å². The lowest BCUT2D eigenvalue weighted by molar-refractivity contribution is -0.144. The lowest BCUT2D eigenvalue weighted by Gasteiger charge is -2.16. The lowest BCUT2D eigenvalue weighted by Crippen LogP contribution is -2.41. The first-order valence-electron chi connectivity index (χ1n) is 8.67. The third kappa shape index (κ3) is 4.47. The zero-order valence-electron chi connectivity index (χ0n) is 15.8. The van der Waals surface area contributed by atoms with E-state index in [1.165, 1.54) is 18.3 Å². The van der Waals surface area contributed by atoms with Gasteiger partial charge in [-0.3, -0.25) is 14.3 Å². The molecule has 2 heterocycles. The molecule has 3 aromatic rings. The highest BCUT2D eigenvalue weighted by molar-refractivity contribution is 6.32. The second kappa shape index (κ2) is 8.52. The van der Waals surface area contributed by atoms with E-state index in [-0.39, 0.29) is 44.7 Å². The highest BCUT2D eigenvalue weighted by Crippen LogP contribution is 2.34. The molecule has 0 spiro atoms. The van der Waals surface area contributed by atoms with Crippen LogP contribution in [-0.2, 0) is 19.6 Å². The van der Waals surface area contributed by atoms with E-state index in [9.17, 15) is 27.2 Å². The molecule has 12 heteroatoms. The molecule has 0 bridgehead atoms. The Hall–Kier alpha value is -3.18. The topological polar surface area (TPSA) is 86.3 Å². The fourth-order valence-electron chi connectivity index (χ4n) is 2.82. The molecule has 0 aliphatic heterocycles. The van der Waals surface area contributed by atoms with Gasteiger partial charge in [-0.05, 0) is 18.2 Å². The smallest absolute Gasteiger partial charge is 0.431 e. The average molecular weight is 460 g/mol.